The molecule has 1 atom stereocenters. The number of carbonyl (C=O) groups is 1. The summed E-state index contributed by atoms with van der Waals surface area (Å²) in [4.78, 5) is 16.6. The van der Waals surface area contributed by atoms with Gasteiger partial charge in [0, 0.05) is 32.7 Å². The van der Waals surface area contributed by atoms with Crippen molar-refractivity contribution in [3.05, 3.63) is 0 Å². The third kappa shape index (κ3) is 4.43. The monoisotopic (exact) mass is 283 g/mol. The van der Waals surface area contributed by atoms with Gasteiger partial charge in [-0.15, -0.1) is 0 Å². The lowest BCUT2D eigenvalue weighted by Gasteiger charge is -2.36. The summed E-state index contributed by atoms with van der Waals surface area (Å²) in [6.45, 7) is 8.83. The molecular weight excluding hydrogens is 254 g/mol. The number of ether oxygens (including phenoxy) is 1. The zero-order chi connectivity index (χ0) is 14.4. The normalized spacial score (nSPS) is 23.8. The maximum atomic E-state index is 12.2. The lowest BCUT2D eigenvalue weighted by Crippen LogP contribution is -2.48. The van der Waals surface area contributed by atoms with Crippen LogP contribution < -0.4 is 5.73 Å². The number of carbonyl (C=O) groups excluding carboxylic acids is 1. The topological polar surface area (TPSA) is 58.8 Å². The summed E-state index contributed by atoms with van der Waals surface area (Å²) in [6.07, 6.45) is 4.00. The number of amides is 1. The predicted molar refractivity (Wildman–Crippen MR) is 79.4 cm³/mol. The fourth-order valence-corrected chi connectivity index (χ4v) is 3.15. The second-order valence-corrected chi connectivity index (χ2v) is 6.08. The first-order valence-corrected chi connectivity index (χ1v) is 8.05. The van der Waals surface area contributed by atoms with Gasteiger partial charge < -0.3 is 15.4 Å². The molecule has 2 aliphatic heterocycles. The molecule has 5 nitrogen and oxygen atoms in total. The highest BCUT2D eigenvalue weighted by atomic mass is 16.5. The van der Waals surface area contributed by atoms with Crippen LogP contribution in [0.15, 0.2) is 0 Å². The number of hydrogen-bond donors (Lipinski definition) is 1. The number of piperidine rings is 1. The molecular formula is C15H29N3O2. The molecule has 0 aromatic rings. The van der Waals surface area contributed by atoms with Crippen molar-refractivity contribution in [3.8, 4) is 0 Å². The van der Waals surface area contributed by atoms with Gasteiger partial charge in [0.25, 0.3) is 0 Å². The Balaban J connectivity index is 1.70. The second kappa shape index (κ2) is 7.96. The van der Waals surface area contributed by atoms with Crippen molar-refractivity contribution in [1.29, 1.82) is 0 Å². The Bertz CT molecular complexity index is 297. The number of likely N-dealkylation sites (tertiary alicyclic amines) is 1. The molecule has 0 spiro atoms. The van der Waals surface area contributed by atoms with Crippen LogP contribution in [0.1, 0.15) is 32.6 Å². The van der Waals surface area contributed by atoms with Gasteiger partial charge in [-0.1, -0.05) is 13.3 Å². The summed E-state index contributed by atoms with van der Waals surface area (Å²) < 4.78 is 5.38. The molecule has 2 heterocycles. The molecule has 0 radical (unpaired) electrons. The maximum Gasteiger partial charge on any atom is 0.239 e. The minimum absolute atomic E-state index is 0.150. The molecule has 116 valence electrons. The van der Waals surface area contributed by atoms with Crippen molar-refractivity contribution in [2.24, 2.45) is 11.7 Å². The van der Waals surface area contributed by atoms with Gasteiger partial charge in [-0.2, -0.15) is 0 Å². The molecule has 2 N–H and O–H groups in total. The van der Waals surface area contributed by atoms with Crippen molar-refractivity contribution < 1.29 is 9.53 Å². The van der Waals surface area contributed by atoms with E-state index in [4.69, 9.17) is 10.5 Å². The summed E-state index contributed by atoms with van der Waals surface area (Å²) in [6, 6.07) is -0.296. The van der Waals surface area contributed by atoms with E-state index in [2.05, 4.69) is 11.8 Å². The van der Waals surface area contributed by atoms with Gasteiger partial charge in [-0.05, 0) is 25.2 Å². The molecule has 2 rings (SSSR count). The largest absolute Gasteiger partial charge is 0.379 e. The molecule has 2 aliphatic rings. The molecule has 0 saturated carbocycles. The Morgan fingerprint density at radius 2 is 1.90 bits per heavy atom. The fraction of sp³-hybridized carbons (Fsp3) is 0.933. The molecule has 0 unspecified atom stereocenters. The highest BCUT2D eigenvalue weighted by molar-refractivity contribution is 5.81. The van der Waals surface area contributed by atoms with E-state index >= 15 is 0 Å². The quantitative estimate of drug-likeness (QED) is 0.806. The van der Waals surface area contributed by atoms with Crippen LogP contribution in [-0.4, -0.2) is 67.7 Å². The highest BCUT2D eigenvalue weighted by Crippen LogP contribution is 2.19. The Hall–Kier alpha value is -0.650. The Labute approximate surface area is 122 Å². The number of rotatable bonds is 5. The summed E-state index contributed by atoms with van der Waals surface area (Å²) >= 11 is 0. The van der Waals surface area contributed by atoms with Gasteiger partial charge in [0.2, 0.25) is 5.91 Å². The first-order chi connectivity index (χ1) is 9.70. The zero-order valence-electron chi connectivity index (χ0n) is 12.7. The standard InChI is InChI=1S/C15H29N3O2/c1-2-3-14(16)15(19)18-6-4-13(5-7-18)12-17-8-10-20-11-9-17/h13-14H,2-12,16H2,1H3/t14-/m1/s1. The van der Waals surface area contributed by atoms with Crippen LogP contribution >= 0.6 is 0 Å². The molecule has 2 saturated heterocycles. The van der Waals surface area contributed by atoms with Crippen LogP contribution in [0.4, 0.5) is 0 Å². The van der Waals surface area contributed by atoms with Crippen LogP contribution in [0.3, 0.4) is 0 Å². The highest BCUT2D eigenvalue weighted by Gasteiger charge is 2.27. The van der Waals surface area contributed by atoms with Crippen LogP contribution in [0.5, 0.6) is 0 Å². The SMILES string of the molecule is CCC[C@@H](N)C(=O)N1CCC(CN2CCOCC2)CC1. The number of nitrogens with two attached hydrogens (primary N) is 1. The lowest BCUT2D eigenvalue weighted by molar-refractivity contribution is -0.134. The smallest absolute Gasteiger partial charge is 0.239 e. The van der Waals surface area contributed by atoms with E-state index in [-0.39, 0.29) is 11.9 Å². The van der Waals surface area contributed by atoms with Gasteiger partial charge in [-0.25, -0.2) is 0 Å². The van der Waals surface area contributed by atoms with Crippen LogP contribution in [0.2, 0.25) is 0 Å². The van der Waals surface area contributed by atoms with Crippen molar-refractivity contribution >= 4 is 5.91 Å². The average Bonchev–Trinajstić information content (AvgIpc) is 2.48. The number of morpholine rings is 1. The van der Waals surface area contributed by atoms with Gasteiger partial charge in [-0.3, -0.25) is 9.69 Å². The fourth-order valence-electron chi connectivity index (χ4n) is 3.15. The maximum absolute atomic E-state index is 12.2. The van der Waals surface area contributed by atoms with Crippen molar-refractivity contribution in [2.75, 3.05) is 45.9 Å². The average molecular weight is 283 g/mol. The molecule has 0 aromatic heterocycles. The Morgan fingerprint density at radius 1 is 1.25 bits per heavy atom. The van der Waals surface area contributed by atoms with E-state index in [1.807, 2.05) is 4.90 Å². The van der Waals surface area contributed by atoms with Gasteiger partial charge in [0.15, 0.2) is 0 Å². The Morgan fingerprint density at radius 3 is 2.50 bits per heavy atom. The molecule has 0 aliphatic carbocycles. The van der Waals surface area contributed by atoms with Gasteiger partial charge >= 0.3 is 0 Å². The predicted octanol–water partition coefficient (Wildman–Crippen LogP) is 0.685. The van der Waals surface area contributed by atoms with Crippen LogP contribution in [0.25, 0.3) is 0 Å². The third-order valence-electron chi connectivity index (χ3n) is 4.46. The van der Waals surface area contributed by atoms with E-state index in [0.717, 1.165) is 77.5 Å². The zero-order valence-corrected chi connectivity index (χ0v) is 12.7. The van der Waals surface area contributed by atoms with Crippen molar-refractivity contribution in [3.63, 3.8) is 0 Å². The Kier molecular flexibility index (Phi) is 6.26. The summed E-state index contributed by atoms with van der Waals surface area (Å²) in [5.74, 6) is 0.872. The first kappa shape index (κ1) is 15.7. The first-order valence-electron chi connectivity index (χ1n) is 8.05. The second-order valence-electron chi connectivity index (χ2n) is 6.08. The number of hydrogen-bond acceptors (Lipinski definition) is 4. The molecule has 0 aromatic carbocycles. The number of nitrogens with zero attached hydrogens (tertiary/aromatic N) is 2. The molecule has 0 bridgehead atoms. The van der Waals surface area contributed by atoms with Crippen LogP contribution in [0, 0.1) is 5.92 Å². The van der Waals surface area contributed by atoms with E-state index in [9.17, 15) is 4.79 Å². The molecule has 1 amide bonds. The molecule has 2 fully saturated rings. The molecule has 5 heteroatoms. The minimum Gasteiger partial charge on any atom is -0.379 e. The van der Waals surface area contributed by atoms with Crippen molar-refractivity contribution in [2.45, 2.75) is 38.6 Å². The summed E-state index contributed by atoms with van der Waals surface area (Å²) in [7, 11) is 0. The molecule has 20 heavy (non-hydrogen) atoms. The van der Waals surface area contributed by atoms with Gasteiger partial charge in [0.05, 0.1) is 19.3 Å². The summed E-state index contributed by atoms with van der Waals surface area (Å²) in [5.41, 5.74) is 5.93. The van der Waals surface area contributed by atoms with Crippen LogP contribution in [-0.2, 0) is 9.53 Å². The lowest BCUT2D eigenvalue weighted by atomic mass is 9.95. The third-order valence-corrected chi connectivity index (χ3v) is 4.46. The van der Waals surface area contributed by atoms with Gasteiger partial charge in [0.1, 0.15) is 0 Å². The van der Waals surface area contributed by atoms with E-state index in [1.54, 1.807) is 0 Å². The van der Waals surface area contributed by atoms with Crippen molar-refractivity contribution in [1.82, 2.24) is 9.80 Å². The minimum atomic E-state index is -0.296. The van der Waals surface area contributed by atoms with E-state index < -0.39 is 0 Å². The van der Waals surface area contributed by atoms with E-state index in [1.165, 1.54) is 0 Å². The van der Waals surface area contributed by atoms with E-state index in [0.29, 0.717) is 0 Å². The summed E-state index contributed by atoms with van der Waals surface area (Å²) in [5, 5.41) is 0.